The molecule has 0 bridgehead atoms. The summed E-state index contributed by atoms with van der Waals surface area (Å²) in [5, 5.41) is 5.06. The van der Waals surface area contributed by atoms with Gasteiger partial charge in [-0.15, -0.1) is 0 Å². The largest absolute Gasteiger partial charge is 0.493 e. The van der Waals surface area contributed by atoms with Gasteiger partial charge in [-0.25, -0.2) is 13.1 Å². The lowest BCUT2D eigenvalue weighted by atomic mass is 10.1. The molecule has 3 aromatic carbocycles. The Morgan fingerprint density at radius 1 is 0.968 bits per heavy atom. The SMILES string of the molecule is O=C(CCCOc1cccc2ccccc12)NCc1ccc(S(=O)(=O)NC2CC2)cc1. The molecule has 4 rings (SSSR count). The Kier molecular flexibility index (Phi) is 6.53. The lowest BCUT2D eigenvalue weighted by molar-refractivity contribution is -0.121. The zero-order chi connectivity index (χ0) is 21.7. The third kappa shape index (κ3) is 5.83. The van der Waals surface area contributed by atoms with Crippen molar-refractivity contribution in [2.24, 2.45) is 0 Å². The molecule has 0 atom stereocenters. The first kappa shape index (κ1) is 21.3. The van der Waals surface area contributed by atoms with Crippen LogP contribution in [0.4, 0.5) is 0 Å². The number of ether oxygens (including phenoxy) is 1. The van der Waals surface area contributed by atoms with E-state index in [1.807, 2.05) is 42.5 Å². The Hall–Kier alpha value is -2.90. The predicted molar refractivity (Wildman–Crippen MR) is 120 cm³/mol. The molecule has 162 valence electrons. The highest BCUT2D eigenvalue weighted by molar-refractivity contribution is 7.89. The number of benzene rings is 3. The van der Waals surface area contributed by atoms with E-state index < -0.39 is 10.0 Å². The van der Waals surface area contributed by atoms with Crippen LogP contribution in [-0.2, 0) is 21.4 Å². The number of hydrogen-bond donors (Lipinski definition) is 2. The quantitative estimate of drug-likeness (QED) is 0.472. The summed E-state index contributed by atoms with van der Waals surface area (Å²) in [6.07, 6.45) is 2.77. The average molecular weight is 439 g/mol. The number of amides is 1. The van der Waals surface area contributed by atoms with Crippen molar-refractivity contribution < 1.29 is 17.9 Å². The molecule has 1 amide bonds. The number of sulfonamides is 1. The molecule has 1 fully saturated rings. The zero-order valence-corrected chi connectivity index (χ0v) is 18.0. The molecule has 31 heavy (non-hydrogen) atoms. The van der Waals surface area contributed by atoms with Gasteiger partial charge < -0.3 is 10.1 Å². The molecule has 0 aliphatic heterocycles. The molecular formula is C24H26N2O4S. The van der Waals surface area contributed by atoms with Gasteiger partial charge in [0.1, 0.15) is 5.75 Å². The van der Waals surface area contributed by atoms with E-state index in [4.69, 9.17) is 4.74 Å². The second kappa shape index (κ2) is 9.49. The molecule has 1 saturated carbocycles. The molecular weight excluding hydrogens is 412 g/mol. The fourth-order valence-corrected chi connectivity index (χ4v) is 4.61. The van der Waals surface area contributed by atoms with Gasteiger partial charge in [-0.2, -0.15) is 0 Å². The molecule has 0 spiro atoms. The topological polar surface area (TPSA) is 84.5 Å². The number of carbonyl (C=O) groups is 1. The van der Waals surface area contributed by atoms with Gasteiger partial charge in [0.25, 0.3) is 0 Å². The average Bonchev–Trinajstić information content (AvgIpc) is 3.59. The van der Waals surface area contributed by atoms with E-state index in [1.165, 1.54) is 0 Å². The van der Waals surface area contributed by atoms with Gasteiger partial charge in [-0.3, -0.25) is 4.79 Å². The standard InChI is InChI=1S/C24H26N2O4S/c27-24(9-4-16-30-23-8-3-6-19-5-1-2-7-22(19)23)25-17-18-10-14-21(15-11-18)31(28,29)26-20-12-13-20/h1-3,5-8,10-11,14-15,20,26H,4,9,12-13,16-17H2,(H,25,27). The van der Waals surface area contributed by atoms with E-state index >= 15 is 0 Å². The maximum Gasteiger partial charge on any atom is 0.240 e. The first-order chi connectivity index (χ1) is 15.0. The minimum absolute atomic E-state index is 0.0615. The number of nitrogens with one attached hydrogen (secondary N) is 2. The van der Waals surface area contributed by atoms with Crippen LogP contribution in [0.2, 0.25) is 0 Å². The lowest BCUT2D eigenvalue weighted by Gasteiger charge is -2.10. The van der Waals surface area contributed by atoms with E-state index in [2.05, 4.69) is 10.0 Å². The van der Waals surface area contributed by atoms with Crippen molar-refractivity contribution in [2.45, 2.75) is 43.2 Å². The van der Waals surface area contributed by atoms with E-state index in [1.54, 1.807) is 24.3 Å². The van der Waals surface area contributed by atoms with Gasteiger partial charge in [0.15, 0.2) is 0 Å². The minimum atomic E-state index is -3.45. The summed E-state index contributed by atoms with van der Waals surface area (Å²) < 4.78 is 32.9. The maximum atomic E-state index is 12.2. The molecule has 0 heterocycles. The maximum absolute atomic E-state index is 12.2. The van der Waals surface area contributed by atoms with E-state index in [-0.39, 0.29) is 16.8 Å². The fourth-order valence-electron chi connectivity index (χ4n) is 3.30. The lowest BCUT2D eigenvalue weighted by Crippen LogP contribution is -2.26. The third-order valence-electron chi connectivity index (χ3n) is 5.18. The molecule has 0 aromatic heterocycles. The number of carbonyl (C=O) groups excluding carboxylic acids is 1. The molecule has 7 heteroatoms. The molecule has 2 N–H and O–H groups in total. The van der Waals surface area contributed by atoms with Gasteiger partial charge in [0, 0.05) is 24.4 Å². The van der Waals surface area contributed by atoms with E-state index in [0.717, 1.165) is 34.9 Å². The van der Waals surface area contributed by atoms with Crippen molar-refractivity contribution in [1.82, 2.24) is 10.0 Å². The summed E-state index contributed by atoms with van der Waals surface area (Å²) >= 11 is 0. The Balaban J connectivity index is 1.20. The highest BCUT2D eigenvalue weighted by atomic mass is 32.2. The highest BCUT2D eigenvalue weighted by Gasteiger charge is 2.27. The van der Waals surface area contributed by atoms with Gasteiger partial charge in [-0.1, -0.05) is 48.5 Å². The van der Waals surface area contributed by atoms with Gasteiger partial charge in [0.05, 0.1) is 11.5 Å². The molecule has 3 aromatic rings. The first-order valence-corrected chi connectivity index (χ1v) is 12.0. The van der Waals surface area contributed by atoms with Crippen LogP contribution in [0.3, 0.4) is 0 Å². The van der Waals surface area contributed by atoms with Crippen LogP contribution in [-0.4, -0.2) is 27.0 Å². The van der Waals surface area contributed by atoms with Gasteiger partial charge in [0.2, 0.25) is 15.9 Å². The Bertz CT molecular complexity index is 1150. The Labute approximate surface area is 182 Å². The predicted octanol–water partition coefficient (Wildman–Crippen LogP) is 3.76. The third-order valence-corrected chi connectivity index (χ3v) is 6.71. The van der Waals surface area contributed by atoms with Crippen LogP contribution in [0.25, 0.3) is 10.8 Å². The Morgan fingerprint density at radius 3 is 2.48 bits per heavy atom. The van der Waals surface area contributed by atoms with Crippen LogP contribution in [0, 0.1) is 0 Å². The molecule has 1 aliphatic rings. The molecule has 1 aliphatic carbocycles. The van der Waals surface area contributed by atoms with Crippen LogP contribution in [0.15, 0.2) is 71.6 Å². The molecule has 0 saturated heterocycles. The molecule has 0 radical (unpaired) electrons. The summed E-state index contributed by atoms with van der Waals surface area (Å²) in [5.74, 6) is 0.762. The molecule has 0 unspecified atom stereocenters. The summed E-state index contributed by atoms with van der Waals surface area (Å²) in [4.78, 5) is 12.4. The highest BCUT2D eigenvalue weighted by Crippen LogP contribution is 2.25. The van der Waals surface area contributed by atoms with Crippen LogP contribution >= 0.6 is 0 Å². The van der Waals surface area contributed by atoms with Gasteiger partial charge >= 0.3 is 0 Å². The van der Waals surface area contributed by atoms with Crippen LogP contribution in [0.5, 0.6) is 5.75 Å². The first-order valence-electron chi connectivity index (χ1n) is 10.5. The van der Waals surface area contributed by atoms with Crippen molar-refractivity contribution in [3.05, 3.63) is 72.3 Å². The number of hydrogen-bond acceptors (Lipinski definition) is 4. The number of fused-ring (bicyclic) bond motifs is 1. The Morgan fingerprint density at radius 2 is 1.71 bits per heavy atom. The zero-order valence-electron chi connectivity index (χ0n) is 17.2. The van der Waals surface area contributed by atoms with Crippen molar-refractivity contribution in [3.63, 3.8) is 0 Å². The van der Waals surface area contributed by atoms with Crippen molar-refractivity contribution >= 4 is 26.7 Å². The summed E-state index contributed by atoms with van der Waals surface area (Å²) in [6.45, 7) is 0.821. The summed E-state index contributed by atoms with van der Waals surface area (Å²) in [6, 6.07) is 20.7. The fraction of sp³-hybridized carbons (Fsp3) is 0.292. The minimum Gasteiger partial charge on any atom is -0.493 e. The normalized spacial score (nSPS) is 13.8. The van der Waals surface area contributed by atoms with Crippen molar-refractivity contribution in [1.29, 1.82) is 0 Å². The second-order valence-corrected chi connectivity index (χ2v) is 9.46. The summed E-state index contributed by atoms with van der Waals surface area (Å²) in [5.41, 5.74) is 0.853. The van der Waals surface area contributed by atoms with E-state index in [9.17, 15) is 13.2 Å². The van der Waals surface area contributed by atoms with Crippen molar-refractivity contribution in [3.8, 4) is 5.75 Å². The smallest absolute Gasteiger partial charge is 0.240 e. The molecule has 6 nitrogen and oxygen atoms in total. The van der Waals surface area contributed by atoms with Crippen LogP contribution in [0.1, 0.15) is 31.2 Å². The summed E-state index contributed by atoms with van der Waals surface area (Å²) in [7, 11) is -3.45. The number of rotatable bonds is 10. The second-order valence-electron chi connectivity index (χ2n) is 7.75. The van der Waals surface area contributed by atoms with Crippen molar-refractivity contribution in [2.75, 3.05) is 6.61 Å². The van der Waals surface area contributed by atoms with Gasteiger partial charge in [-0.05, 0) is 48.4 Å². The van der Waals surface area contributed by atoms with Crippen LogP contribution < -0.4 is 14.8 Å². The monoisotopic (exact) mass is 438 g/mol. The van der Waals surface area contributed by atoms with E-state index in [0.29, 0.717) is 26.0 Å².